The van der Waals surface area contributed by atoms with Gasteiger partial charge in [-0.3, -0.25) is 4.57 Å². The largest absolute Gasteiger partial charge is 0.326 e. The molecule has 2 rings (SSSR count). The number of hydrogen-bond donors (Lipinski definition) is 3. The quantitative estimate of drug-likeness (QED) is 0.371. The summed E-state index contributed by atoms with van der Waals surface area (Å²) in [5, 5.41) is 6.60. The minimum atomic E-state index is -3.22. The van der Waals surface area contributed by atoms with Crippen molar-refractivity contribution in [3.05, 3.63) is 60.7 Å². The highest BCUT2D eigenvalue weighted by molar-refractivity contribution is 7.51. The van der Waals surface area contributed by atoms with Gasteiger partial charge in [-0.25, -0.2) is 4.99 Å². The highest BCUT2D eigenvalue weighted by atomic mass is 31.2. The zero-order chi connectivity index (χ0) is 20.3. The lowest BCUT2D eigenvalue weighted by molar-refractivity contribution is 0.209. The molecule has 0 aliphatic rings. The van der Waals surface area contributed by atoms with E-state index in [-0.39, 0.29) is 12.1 Å². The van der Waals surface area contributed by atoms with Crippen molar-refractivity contribution in [2.24, 2.45) is 4.99 Å². The molecule has 0 radical (unpaired) electrons. The Balaban J connectivity index is 0.000000387. The molecule has 1 unspecified atom stereocenters. The highest BCUT2D eigenvalue weighted by Crippen LogP contribution is 2.37. The average Bonchev–Trinajstić information content (AvgIpc) is 2.54. The van der Waals surface area contributed by atoms with Crippen LogP contribution in [0.15, 0.2) is 65.7 Å². The number of hydrogen-bond acceptors (Lipinski definition) is 3. The Bertz CT molecular complexity index is 685. The van der Waals surface area contributed by atoms with Crippen molar-refractivity contribution in [3.63, 3.8) is 0 Å². The van der Waals surface area contributed by atoms with Crippen molar-refractivity contribution in [1.29, 1.82) is 0 Å². The van der Waals surface area contributed by atoms with Crippen LogP contribution in [0.3, 0.4) is 0 Å². The first-order valence-corrected chi connectivity index (χ1v) is 10.9. The third-order valence-corrected chi connectivity index (χ3v) is 3.68. The summed E-state index contributed by atoms with van der Waals surface area (Å²) in [5.74, 6) is 0.757. The molecule has 27 heavy (non-hydrogen) atoms. The van der Waals surface area contributed by atoms with Crippen LogP contribution in [0.5, 0.6) is 0 Å². The Kier molecular flexibility index (Phi) is 9.79. The second kappa shape index (κ2) is 11.5. The van der Waals surface area contributed by atoms with Gasteiger partial charge in [-0.2, -0.15) is 0 Å². The molecular formula is C20H30N3O3P. The minimum Gasteiger partial charge on any atom is -0.326 e. The molecule has 0 spiro atoms. The van der Waals surface area contributed by atoms with Gasteiger partial charge in [-0.05, 0) is 52.0 Å². The minimum absolute atomic E-state index is 0.171. The lowest BCUT2D eigenvalue weighted by Gasteiger charge is -2.13. The maximum atomic E-state index is 10.4. The van der Waals surface area contributed by atoms with E-state index in [9.17, 15) is 4.57 Å². The summed E-state index contributed by atoms with van der Waals surface area (Å²) in [6.07, 6.45) is -0.171. The van der Waals surface area contributed by atoms with E-state index in [1.807, 2.05) is 60.7 Å². The molecule has 0 heterocycles. The first-order chi connectivity index (χ1) is 12.7. The second-order valence-electron chi connectivity index (χ2n) is 6.51. The monoisotopic (exact) mass is 391 g/mol. The molecule has 0 amide bonds. The molecule has 2 aromatic carbocycles. The zero-order valence-corrected chi connectivity index (χ0v) is 17.5. The van der Waals surface area contributed by atoms with Crippen LogP contribution < -0.4 is 10.6 Å². The summed E-state index contributed by atoms with van der Waals surface area (Å²) in [5.41, 5.74) is 2.04. The molecule has 1 atom stereocenters. The number of nitrogens with zero attached hydrogens (tertiary/aromatic N) is 1. The Morgan fingerprint density at radius 2 is 1.33 bits per heavy atom. The van der Waals surface area contributed by atoms with E-state index < -0.39 is 7.60 Å². The summed E-state index contributed by atoms with van der Waals surface area (Å²) in [6, 6.07) is 20.3. The van der Waals surface area contributed by atoms with Crippen LogP contribution in [-0.2, 0) is 9.09 Å². The molecule has 148 valence electrons. The maximum absolute atomic E-state index is 10.4. The van der Waals surface area contributed by atoms with E-state index in [0.29, 0.717) is 0 Å². The fraction of sp³-hybridized carbons (Fsp3) is 0.350. The van der Waals surface area contributed by atoms with Gasteiger partial charge in [0.25, 0.3) is 0 Å². The lowest BCUT2D eigenvalue weighted by atomic mass is 10.3. The fourth-order valence-corrected chi connectivity index (χ4v) is 2.84. The molecule has 3 N–H and O–H groups in total. The molecule has 0 saturated carbocycles. The fourth-order valence-electron chi connectivity index (χ4n) is 2.06. The van der Waals surface area contributed by atoms with Crippen LogP contribution in [0.1, 0.15) is 27.7 Å². The van der Waals surface area contributed by atoms with E-state index in [4.69, 9.17) is 4.89 Å². The van der Waals surface area contributed by atoms with Crippen LogP contribution in [0.25, 0.3) is 0 Å². The number of benzene rings is 2. The third kappa shape index (κ3) is 12.0. The maximum Gasteiger partial charge on any atom is 0.325 e. The molecule has 6 nitrogen and oxygen atoms in total. The number of nitrogens with one attached hydrogen (secondary N) is 2. The molecule has 0 aliphatic carbocycles. The Morgan fingerprint density at radius 1 is 0.926 bits per heavy atom. The van der Waals surface area contributed by atoms with Gasteiger partial charge in [0.1, 0.15) is 0 Å². The van der Waals surface area contributed by atoms with Gasteiger partial charge in [0.05, 0.1) is 6.10 Å². The Morgan fingerprint density at radius 3 is 1.59 bits per heavy atom. The van der Waals surface area contributed by atoms with Gasteiger partial charge in [0.2, 0.25) is 5.96 Å². The average molecular weight is 391 g/mol. The summed E-state index contributed by atoms with van der Waals surface area (Å²) in [7, 11) is -3.22. The highest BCUT2D eigenvalue weighted by Gasteiger charge is 2.10. The van der Waals surface area contributed by atoms with Gasteiger partial charge in [-0.15, -0.1) is 0 Å². The number of aliphatic imine (C=N–C) groups is 1. The van der Waals surface area contributed by atoms with Crippen molar-refractivity contribution in [2.75, 3.05) is 17.3 Å². The number of rotatable bonds is 5. The van der Waals surface area contributed by atoms with Crippen LogP contribution in [-0.4, -0.2) is 29.7 Å². The van der Waals surface area contributed by atoms with E-state index >= 15 is 0 Å². The second-order valence-corrected chi connectivity index (χ2v) is 8.33. The molecule has 0 fully saturated rings. The molecule has 0 aliphatic heterocycles. The standard InChI is InChI=1S/C16H19N3.C4H11O3P/c1-13(2)17-16(18-14-9-5-3-6-10-14)19-15-11-7-4-8-12-15;1-4(2)7-8(3,5)6/h3-13H,1-2H3,(H2,17,18,19);4H,1-3H3,(H,5,6). The molecule has 0 aromatic heterocycles. The van der Waals surface area contributed by atoms with Gasteiger partial charge in [0.15, 0.2) is 0 Å². The van der Waals surface area contributed by atoms with Crippen LogP contribution >= 0.6 is 7.60 Å². The van der Waals surface area contributed by atoms with Crippen LogP contribution in [0, 0.1) is 0 Å². The predicted molar refractivity (Wildman–Crippen MR) is 115 cm³/mol. The first-order valence-electron chi connectivity index (χ1n) is 8.86. The van der Waals surface area contributed by atoms with Gasteiger partial charge >= 0.3 is 7.60 Å². The molecular weight excluding hydrogens is 361 g/mol. The van der Waals surface area contributed by atoms with Crippen LogP contribution in [0.2, 0.25) is 0 Å². The smallest absolute Gasteiger partial charge is 0.325 e. The topological polar surface area (TPSA) is 83.0 Å². The normalized spacial score (nSPS) is 12.6. The van der Waals surface area contributed by atoms with E-state index in [1.54, 1.807) is 13.8 Å². The number of para-hydroxylation sites is 2. The SMILES string of the molecule is CC(C)N=C(Nc1ccccc1)Nc1ccccc1.CC(C)OP(C)(=O)O. The summed E-state index contributed by atoms with van der Waals surface area (Å²) >= 11 is 0. The summed E-state index contributed by atoms with van der Waals surface area (Å²) < 4.78 is 14.9. The molecule has 0 bridgehead atoms. The van der Waals surface area contributed by atoms with Crippen LogP contribution in [0.4, 0.5) is 11.4 Å². The summed E-state index contributed by atoms with van der Waals surface area (Å²) in [6.45, 7) is 8.71. The predicted octanol–water partition coefficient (Wildman–Crippen LogP) is 5.20. The van der Waals surface area contributed by atoms with E-state index in [0.717, 1.165) is 17.3 Å². The Labute approximate surface area is 162 Å². The van der Waals surface area contributed by atoms with Gasteiger partial charge in [0, 0.05) is 24.1 Å². The molecule has 7 heteroatoms. The van der Waals surface area contributed by atoms with Crippen molar-refractivity contribution < 1.29 is 14.0 Å². The number of anilines is 2. The third-order valence-electron chi connectivity index (χ3n) is 2.87. The zero-order valence-electron chi connectivity index (χ0n) is 16.6. The number of guanidine groups is 1. The van der Waals surface area contributed by atoms with Crippen molar-refractivity contribution >= 4 is 24.9 Å². The first kappa shape index (κ1) is 22.9. The molecule has 2 aromatic rings. The van der Waals surface area contributed by atoms with Gasteiger partial charge < -0.3 is 20.1 Å². The Hall–Kier alpha value is -2.14. The van der Waals surface area contributed by atoms with Crippen molar-refractivity contribution in [2.45, 2.75) is 39.8 Å². The van der Waals surface area contributed by atoms with Crippen molar-refractivity contribution in [3.8, 4) is 0 Å². The van der Waals surface area contributed by atoms with E-state index in [1.165, 1.54) is 6.66 Å². The van der Waals surface area contributed by atoms with Crippen molar-refractivity contribution in [1.82, 2.24) is 0 Å². The molecule has 0 saturated heterocycles. The lowest BCUT2D eigenvalue weighted by Crippen LogP contribution is -2.23. The van der Waals surface area contributed by atoms with Gasteiger partial charge in [-0.1, -0.05) is 36.4 Å². The van der Waals surface area contributed by atoms with E-state index in [2.05, 4.69) is 34.0 Å². The summed E-state index contributed by atoms with van der Waals surface area (Å²) in [4.78, 5) is 13.1.